The van der Waals surface area contributed by atoms with E-state index in [0.717, 1.165) is 16.7 Å². The molecule has 0 aliphatic heterocycles. The molecule has 0 unspecified atom stereocenters. The third-order valence-electron chi connectivity index (χ3n) is 3.55. The Morgan fingerprint density at radius 2 is 1.43 bits per heavy atom. The van der Waals surface area contributed by atoms with E-state index in [2.05, 4.69) is 0 Å². The first-order valence-corrected chi connectivity index (χ1v) is 7.92. The maximum Gasteiger partial charge on any atom is 0.149 e. The summed E-state index contributed by atoms with van der Waals surface area (Å²) in [5, 5.41) is 4.06. The number of thiophene rings is 1. The zero-order valence-corrected chi connectivity index (χ0v) is 12.4. The summed E-state index contributed by atoms with van der Waals surface area (Å²) in [4.78, 5) is 12.8. The van der Waals surface area contributed by atoms with Crippen molar-refractivity contribution in [2.24, 2.45) is 0 Å². The molecule has 0 bridgehead atoms. The second kappa shape index (κ2) is 6.51. The second-order valence-corrected chi connectivity index (χ2v) is 5.81. The third kappa shape index (κ3) is 3.29. The Kier molecular flexibility index (Phi) is 4.27. The van der Waals surface area contributed by atoms with Gasteiger partial charge in [0.2, 0.25) is 0 Å². The van der Waals surface area contributed by atoms with E-state index in [9.17, 15) is 4.79 Å². The molecule has 1 heterocycles. The molecule has 0 atom stereocenters. The Morgan fingerprint density at radius 3 is 1.90 bits per heavy atom. The molecule has 3 rings (SSSR count). The lowest BCUT2D eigenvalue weighted by Gasteiger charge is -2.16. The highest BCUT2D eigenvalue weighted by atomic mass is 32.1. The Balaban J connectivity index is 1.95. The first kappa shape index (κ1) is 13.8. The first-order valence-electron chi connectivity index (χ1n) is 6.98. The van der Waals surface area contributed by atoms with Gasteiger partial charge in [0.15, 0.2) is 0 Å². The van der Waals surface area contributed by atoms with E-state index in [4.69, 9.17) is 0 Å². The molecule has 0 aliphatic carbocycles. The van der Waals surface area contributed by atoms with Gasteiger partial charge >= 0.3 is 0 Å². The molecule has 1 nitrogen and oxygen atoms in total. The van der Waals surface area contributed by atoms with Crippen LogP contribution in [-0.4, -0.2) is 5.78 Å². The summed E-state index contributed by atoms with van der Waals surface area (Å²) in [5.41, 5.74) is 3.22. The van der Waals surface area contributed by atoms with Crippen LogP contribution >= 0.6 is 11.3 Å². The number of hydrogen-bond donors (Lipinski definition) is 0. The minimum Gasteiger partial charge on any atom is -0.298 e. The highest BCUT2D eigenvalue weighted by Crippen LogP contribution is 2.27. The van der Waals surface area contributed by atoms with Gasteiger partial charge in [-0.2, -0.15) is 11.3 Å². The van der Waals surface area contributed by atoms with E-state index in [0.29, 0.717) is 6.42 Å². The molecule has 104 valence electrons. The van der Waals surface area contributed by atoms with Crippen LogP contribution in [0.4, 0.5) is 0 Å². The molecular formula is C19H16OS. The third-order valence-corrected chi connectivity index (χ3v) is 4.28. The standard InChI is InChI=1S/C19H16OS/c20-18(13-15-11-12-21-14-15)19(16-7-3-1-4-8-16)17-9-5-2-6-10-17/h1-12,14,19H,13H2. The smallest absolute Gasteiger partial charge is 0.149 e. The van der Waals surface area contributed by atoms with Gasteiger partial charge in [0.25, 0.3) is 0 Å². The maximum absolute atomic E-state index is 12.8. The van der Waals surface area contributed by atoms with Gasteiger partial charge in [-0.3, -0.25) is 4.79 Å². The summed E-state index contributed by atoms with van der Waals surface area (Å²) in [6, 6.07) is 22.1. The highest BCUT2D eigenvalue weighted by molar-refractivity contribution is 7.08. The lowest BCUT2D eigenvalue weighted by Crippen LogP contribution is -2.16. The average molecular weight is 292 g/mol. The number of hydrogen-bond acceptors (Lipinski definition) is 2. The number of ketones is 1. The van der Waals surface area contributed by atoms with E-state index >= 15 is 0 Å². The van der Waals surface area contributed by atoms with Crippen LogP contribution in [0.25, 0.3) is 0 Å². The molecule has 1 aromatic heterocycles. The van der Waals surface area contributed by atoms with Gasteiger partial charge in [-0.05, 0) is 33.5 Å². The number of carbonyl (C=O) groups excluding carboxylic acids is 1. The summed E-state index contributed by atoms with van der Waals surface area (Å²) < 4.78 is 0. The topological polar surface area (TPSA) is 17.1 Å². The molecule has 0 radical (unpaired) electrons. The van der Waals surface area contributed by atoms with E-state index < -0.39 is 0 Å². The summed E-state index contributed by atoms with van der Waals surface area (Å²) >= 11 is 1.63. The molecule has 0 saturated heterocycles. The monoisotopic (exact) mass is 292 g/mol. The fourth-order valence-corrected chi connectivity index (χ4v) is 3.22. The van der Waals surface area contributed by atoms with Crippen LogP contribution in [0, 0.1) is 0 Å². The van der Waals surface area contributed by atoms with Crippen LogP contribution in [-0.2, 0) is 11.2 Å². The molecule has 0 fully saturated rings. The zero-order chi connectivity index (χ0) is 14.5. The molecule has 0 N–H and O–H groups in total. The number of benzene rings is 2. The minimum atomic E-state index is -0.188. The summed E-state index contributed by atoms with van der Waals surface area (Å²) in [6.45, 7) is 0. The first-order chi connectivity index (χ1) is 10.3. The van der Waals surface area contributed by atoms with E-state index in [1.54, 1.807) is 11.3 Å². The normalized spacial score (nSPS) is 10.7. The lowest BCUT2D eigenvalue weighted by atomic mass is 9.85. The van der Waals surface area contributed by atoms with Crippen LogP contribution in [0.2, 0.25) is 0 Å². The van der Waals surface area contributed by atoms with E-state index in [1.807, 2.05) is 77.5 Å². The van der Waals surface area contributed by atoms with Crippen molar-refractivity contribution in [1.82, 2.24) is 0 Å². The van der Waals surface area contributed by atoms with Crippen molar-refractivity contribution in [3.63, 3.8) is 0 Å². The van der Waals surface area contributed by atoms with Crippen molar-refractivity contribution in [2.45, 2.75) is 12.3 Å². The molecule has 0 aliphatic rings. The zero-order valence-electron chi connectivity index (χ0n) is 11.6. The predicted octanol–water partition coefficient (Wildman–Crippen LogP) is 4.69. The van der Waals surface area contributed by atoms with Crippen molar-refractivity contribution < 1.29 is 4.79 Å². The van der Waals surface area contributed by atoms with Crippen LogP contribution in [0.15, 0.2) is 77.5 Å². The van der Waals surface area contributed by atoms with Crippen LogP contribution in [0.3, 0.4) is 0 Å². The molecule has 0 saturated carbocycles. The van der Waals surface area contributed by atoms with E-state index in [1.165, 1.54) is 0 Å². The summed E-state index contributed by atoms with van der Waals surface area (Å²) in [6.07, 6.45) is 0.484. The minimum absolute atomic E-state index is 0.188. The summed E-state index contributed by atoms with van der Waals surface area (Å²) in [5.74, 6) is 0.0538. The number of rotatable bonds is 5. The van der Waals surface area contributed by atoms with Crippen LogP contribution in [0.5, 0.6) is 0 Å². The molecule has 0 spiro atoms. The van der Waals surface area contributed by atoms with Crippen molar-refractivity contribution in [1.29, 1.82) is 0 Å². The van der Waals surface area contributed by atoms with E-state index in [-0.39, 0.29) is 11.7 Å². The largest absolute Gasteiger partial charge is 0.298 e. The SMILES string of the molecule is O=C(Cc1ccsc1)C(c1ccccc1)c1ccccc1. The van der Waals surface area contributed by atoms with Gasteiger partial charge in [-0.15, -0.1) is 0 Å². The molecule has 21 heavy (non-hydrogen) atoms. The molecule has 2 heteroatoms. The van der Waals surface area contributed by atoms with Crippen molar-refractivity contribution in [2.75, 3.05) is 0 Å². The quantitative estimate of drug-likeness (QED) is 0.666. The fourth-order valence-electron chi connectivity index (χ4n) is 2.55. The van der Waals surface area contributed by atoms with Gasteiger partial charge in [0, 0.05) is 6.42 Å². The van der Waals surface area contributed by atoms with Gasteiger partial charge in [0.05, 0.1) is 5.92 Å². The van der Waals surface area contributed by atoms with Gasteiger partial charge in [0.1, 0.15) is 5.78 Å². The Morgan fingerprint density at radius 1 is 0.857 bits per heavy atom. The Labute approximate surface area is 128 Å². The Bertz CT molecular complexity index is 647. The van der Waals surface area contributed by atoms with Gasteiger partial charge < -0.3 is 0 Å². The maximum atomic E-state index is 12.8. The van der Waals surface area contributed by atoms with Crippen LogP contribution < -0.4 is 0 Å². The van der Waals surface area contributed by atoms with Crippen molar-refractivity contribution in [3.8, 4) is 0 Å². The van der Waals surface area contributed by atoms with Gasteiger partial charge in [-0.25, -0.2) is 0 Å². The second-order valence-electron chi connectivity index (χ2n) is 5.03. The van der Waals surface area contributed by atoms with Gasteiger partial charge in [-0.1, -0.05) is 60.7 Å². The van der Waals surface area contributed by atoms with Crippen LogP contribution in [0.1, 0.15) is 22.6 Å². The number of carbonyl (C=O) groups is 1. The average Bonchev–Trinajstić information content (AvgIpc) is 3.02. The fraction of sp³-hybridized carbons (Fsp3) is 0.105. The Hall–Kier alpha value is -2.19. The molecule has 0 amide bonds. The van der Waals surface area contributed by atoms with Crippen molar-refractivity contribution >= 4 is 17.1 Å². The molecule has 2 aromatic carbocycles. The molecule has 3 aromatic rings. The highest BCUT2D eigenvalue weighted by Gasteiger charge is 2.22. The molecular weight excluding hydrogens is 276 g/mol. The number of Topliss-reactive ketones (excluding diaryl/α,β-unsaturated/α-hetero) is 1. The van der Waals surface area contributed by atoms with Crippen molar-refractivity contribution in [3.05, 3.63) is 94.2 Å². The lowest BCUT2D eigenvalue weighted by molar-refractivity contribution is -0.119. The predicted molar refractivity (Wildman–Crippen MR) is 87.8 cm³/mol. The summed E-state index contributed by atoms with van der Waals surface area (Å²) in [7, 11) is 0.